The fraction of sp³-hybridized carbons (Fsp3) is 0.800. The first-order chi connectivity index (χ1) is 9.15. The van der Waals surface area contributed by atoms with Gasteiger partial charge in [0.05, 0.1) is 5.69 Å². The third kappa shape index (κ3) is 6.21. The van der Waals surface area contributed by atoms with Crippen molar-refractivity contribution in [2.24, 2.45) is 0 Å². The lowest BCUT2D eigenvalue weighted by Crippen LogP contribution is -2.28. The second kappa shape index (κ2) is 9.10. The minimum atomic E-state index is 0.649. The van der Waals surface area contributed by atoms with Gasteiger partial charge in [0, 0.05) is 25.3 Å². The van der Waals surface area contributed by atoms with Crippen LogP contribution >= 0.6 is 0 Å². The maximum absolute atomic E-state index is 4.33. The van der Waals surface area contributed by atoms with Gasteiger partial charge < -0.3 is 10.2 Å². The molecule has 0 aliphatic heterocycles. The molecule has 0 saturated heterocycles. The van der Waals surface area contributed by atoms with Crippen molar-refractivity contribution >= 4 is 0 Å². The Kier molecular flexibility index (Phi) is 7.75. The molecule has 1 heterocycles. The Hall–Kier alpha value is -0.870. The van der Waals surface area contributed by atoms with Crippen LogP contribution in [0, 0.1) is 0 Å². The predicted molar refractivity (Wildman–Crippen MR) is 81.2 cm³/mol. The summed E-state index contributed by atoms with van der Waals surface area (Å²) in [6, 6.07) is 2.76. The monoisotopic (exact) mass is 266 g/mol. The first kappa shape index (κ1) is 16.2. The number of hydrogen-bond acceptors (Lipinski definition) is 3. The van der Waals surface area contributed by atoms with E-state index < -0.39 is 0 Å². The Morgan fingerprint density at radius 2 is 2.16 bits per heavy atom. The molecule has 0 atom stereocenters. The largest absolute Gasteiger partial charge is 0.311 e. The van der Waals surface area contributed by atoms with Gasteiger partial charge in [0.25, 0.3) is 0 Å². The quantitative estimate of drug-likeness (QED) is 0.661. The number of hydrogen-bond donors (Lipinski definition) is 1. The molecule has 4 heteroatoms. The van der Waals surface area contributed by atoms with E-state index >= 15 is 0 Å². The molecule has 1 aromatic heterocycles. The van der Waals surface area contributed by atoms with E-state index in [2.05, 4.69) is 53.9 Å². The molecule has 0 radical (unpaired) electrons. The van der Waals surface area contributed by atoms with Crippen LogP contribution in [0.5, 0.6) is 0 Å². The van der Waals surface area contributed by atoms with Crippen LogP contribution in [0.4, 0.5) is 0 Å². The molecular formula is C15H30N4. The van der Waals surface area contributed by atoms with Crippen molar-refractivity contribution in [2.45, 2.75) is 59.2 Å². The molecule has 110 valence electrons. The highest BCUT2D eigenvalue weighted by atomic mass is 15.3. The van der Waals surface area contributed by atoms with Crippen molar-refractivity contribution in [1.82, 2.24) is 20.0 Å². The highest BCUT2D eigenvalue weighted by Crippen LogP contribution is 2.01. The SMILES string of the molecule is CCCn1nccc1CNCCCCN(C)C(C)C. The van der Waals surface area contributed by atoms with Crippen LogP contribution in [0.1, 0.15) is 45.7 Å². The van der Waals surface area contributed by atoms with Crippen LogP contribution in [-0.2, 0) is 13.1 Å². The van der Waals surface area contributed by atoms with Gasteiger partial charge in [-0.15, -0.1) is 0 Å². The average Bonchev–Trinajstić information content (AvgIpc) is 2.81. The highest BCUT2D eigenvalue weighted by Gasteiger charge is 2.03. The van der Waals surface area contributed by atoms with Crippen LogP contribution in [-0.4, -0.2) is 40.9 Å². The highest BCUT2D eigenvalue weighted by molar-refractivity contribution is 4.99. The maximum Gasteiger partial charge on any atom is 0.0522 e. The fourth-order valence-electron chi connectivity index (χ4n) is 2.01. The van der Waals surface area contributed by atoms with E-state index in [1.165, 1.54) is 25.1 Å². The maximum atomic E-state index is 4.33. The van der Waals surface area contributed by atoms with E-state index in [1.807, 2.05) is 6.20 Å². The van der Waals surface area contributed by atoms with Gasteiger partial charge >= 0.3 is 0 Å². The molecule has 0 aromatic carbocycles. The molecule has 0 unspecified atom stereocenters. The molecule has 0 bridgehead atoms. The van der Waals surface area contributed by atoms with E-state index in [9.17, 15) is 0 Å². The number of aromatic nitrogens is 2. The Bertz CT molecular complexity index is 333. The summed E-state index contributed by atoms with van der Waals surface area (Å²) in [6.07, 6.45) is 5.52. The molecule has 4 nitrogen and oxygen atoms in total. The van der Waals surface area contributed by atoms with Crippen LogP contribution < -0.4 is 5.32 Å². The van der Waals surface area contributed by atoms with Gasteiger partial charge in [0.15, 0.2) is 0 Å². The molecule has 1 N–H and O–H groups in total. The Morgan fingerprint density at radius 3 is 2.84 bits per heavy atom. The normalized spacial score (nSPS) is 11.7. The summed E-state index contributed by atoms with van der Waals surface area (Å²) in [5.74, 6) is 0. The van der Waals surface area contributed by atoms with Gasteiger partial charge in [-0.2, -0.15) is 5.10 Å². The number of nitrogens with zero attached hydrogens (tertiary/aromatic N) is 3. The number of aryl methyl sites for hydroxylation is 1. The first-order valence-corrected chi connectivity index (χ1v) is 7.56. The second-order valence-corrected chi connectivity index (χ2v) is 5.50. The Labute approximate surface area is 118 Å². The van der Waals surface area contributed by atoms with Gasteiger partial charge in [0.2, 0.25) is 0 Å². The van der Waals surface area contributed by atoms with E-state index in [4.69, 9.17) is 0 Å². The van der Waals surface area contributed by atoms with E-state index in [0.717, 1.165) is 26.1 Å². The van der Waals surface area contributed by atoms with Crippen molar-refractivity contribution in [3.8, 4) is 0 Å². The summed E-state index contributed by atoms with van der Waals surface area (Å²) in [6.45, 7) is 10.9. The third-order valence-corrected chi connectivity index (χ3v) is 3.54. The van der Waals surface area contributed by atoms with Crippen LogP contribution in [0.2, 0.25) is 0 Å². The zero-order valence-electron chi connectivity index (χ0n) is 13.0. The molecule has 19 heavy (non-hydrogen) atoms. The smallest absolute Gasteiger partial charge is 0.0522 e. The van der Waals surface area contributed by atoms with Crippen LogP contribution in [0.15, 0.2) is 12.3 Å². The Balaban J connectivity index is 2.09. The zero-order chi connectivity index (χ0) is 14.1. The van der Waals surface area contributed by atoms with Crippen molar-refractivity contribution in [2.75, 3.05) is 20.1 Å². The molecule has 0 spiro atoms. The van der Waals surface area contributed by atoms with Gasteiger partial charge in [-0.25, -0.2) is 0 Å². The molecule has 0 amide bonds. The van der Waals surface area contributed by atoms with Gasteiger partial charge in [-0.3, -0.25) is 4.68 Å². The molecule has 0 saturated carbocycles. The molecule has 1 rings (SSSR count). The van der Waals surface area contributed by atoms with Crippen molar-refractivity contribution in [1.29, 1.82) is 0 Å². The topological polar surface area (TPSA) is 33.1 Å². The number of rotatable bonds is 10. The summed E-state index contributed by atoms with van der Waals surface area (Å²) in [5, 5.41) is 7.84. The lowest BCUT2D eigenvalue weighted by molar-refractivity contribution is 0.268. The summed E-state index contributed by atoms with van der Waals surface area (Å²) in [7, 11) is 2.20. The molecule has 1 aromatic rings. The standard InChI is InChI=1S/C15H30N4/c1-5-11-19-15(8-10-17-19)13-16-9-6-7-12-18(4)14(2)3/h8,10,14,16H,5-7,9,11-13H2,1-4H3. The van der Waals surface area contributed by atoms with Gasteiger partial charge in [0.1, 0.15) is 0 Å². The Morgan fingerprint density at radius 1 is 1.37 bits per heavy atom. The minimum Gasteiger partial charge on any atom is -0.311 e. The summed E-state index contributed by atoms with van der Waals surface area (Å²) < 4.78 is 2.10. The lowest BCUT2D eigenvalue weighted by Gasteiger charge is -2.20. The van der Waals surface area contributed by atoms with Gasteiger partial charge in [-0.1, -0.05) is 6.92 Å². The lowest BCUT2D eigenvalue weighted by atomic mass is 10.2. The van der Waals surface area contributed by atoms with Crippen molar-refractivity contribution in [3.05, 3.63) is 18.0 Å². The van der Waals surface area contributed by atoms with E-state index in [0.29, 0.717) is 6.04 Å². The minimum absolute atomic E-state index is 0.649. The summed E-state index contributed by atoms with van der Waals surface area (Å²) in [5.41, 5.74) is 1.29. The summed E-state index contributed by atoms with van der Waals surface area (Å²) >= 11 is 0. The summed E-state index contributed by atoms with van der Waals surface area (Å²) in [4.78, 5) is 2.40. The van der Waals surface area contributed by atoms with Crippen LogP contribution in [0.3, 0.4) is 0 Å². The molecular weight excluding hydrogens is 236 g/mol. The second-order valence-electron chi connectivity index (χ2n) is 5.50. The fourth-order valence-corrected chi connectivity index (χ4v) is 2.01. The van der Waals surface area contributed by atoms with Crippen molar-refractivity contribution < 1.29 is 0 Å². The molecule has 0 aliphatic rings. The molecule has 0 aliphatic carbocycles. The predicted octanol–water partition coefficient (Wildman–Crippen LogP) is 2.50. The first-order valence-electron chi connectivity index (χ1n) is 7.56. The third-order valence-electron chi connectivity index (χ3n) is 3.54. The van der Waals surface area contributed by atoms with E-state index in [1.54, 1.807) is 0 Å². The van der Waals surface area contributed by atoms with E-state index in [-0.39, 0.29) is 0 Å². The van der Waals surface area contributed by atoms with Crippen molar-refractivity contribution in [3.63, 3.8) is 0 Å². The average molecular weight is 266 g/mol. The zero-order valence-corrected chi connectivity index (χ0v) is 13.0. The molecule has 0 fully saturated rings. The number of unbranched alkanes of at least 4 members (excludes halogenated alkanes) is 1. The van der Waals surface area contributed by atoms with Crippen LogP contribution in [0.25, 0.3) is 0 Å². The van der Waals surface area contributed by atoms with Gasteiger partial charge in [-0.05, 0) is 59.3 Å². The number of nitrogens with one attached hydrogen (secondary N) is 1.